The van der Waals surface area contributed by atoms with Gasteiger partial charge in [0.25, 0.3) is 0 Å². The maximum absolute atomic E-state index is 12.4. The number of carboxylic acids is 1. The van der Waals surface area contributed by atoms with Crippen LogP contribution in [0.4, 0.5) is 4.79 Å². The van der Waals surface area contributed by atoms with Crippen LogP contribution in [-0.2, 0) is 11.2 Å². The summed E-state index contributed by atoms with van der Waals surface area (Å²) >= 11 is 5.89. The number of carbonyl (C=O) groups is 2. The standard InChI is InChI=1S/C18H25ClN2O3/c1-12(11-13-3-7-15(19)8-4-13)21(2)18(24)20-16-9-5-14(6-10-16)17(22)23/h3-4,7-8,12,14,16H,5-6,9-11H2,1-2H3,(H,20,24)(H,22,23). The van der Waals surface area contributed by atoms with E-state index >= 15 is 0 Å². The Hall–Kier alpha value is -1.75. The van der Waals surface area contributed by atoms with Crippen molar-refractivity contribution < 1.29 is 14.7 Å². The van der Waals surface area contributed by atoms with E-state index in [1.165, 1.54) is 0 Å². The Bertz CT molecular complexity index is 568. The molecule has 0 bridgehead atoms. The van der Waals surface area contributed by atoms with Gasteiger partial charge in [0.05, 0.1) is 5.92 Å². The smallest absolute Gasteiger partial charge is 0.317 e. The summed E-state index contributed by atoms with van der Waals surface area (Å²) in [5.74, 6) is -0.992. The first-order valence-corrected chi connectivity index (χ1v) is 8.75. The molecule has 2 rings (SSSR count). The Kier molecular flexibility index (Phi) is 6.49. The van der Waals surface area contributed by atoms with Crippen molar-refractivity contribution in [3.05, 3.63) is 34.9 Å². The molecular formula is C18H25ClN2O3. The lowest BCUT2D eigenvalue weighted by Gasteiger charge is -2.31. The number of carbonyl (C=O) groups excluding carboxylic acids is 1. The molecule has 0 aliphatic heterocycles. The van der Waals surface area contributed by atoms with E-state index in [1.54, 1.807) is 11.9 Å². The summed E-state index contributed by atoms with van der Waals surface area (Å²) in [5.41, 5.74) is 1.13. The van der Waals surface area contributed by atoms with Crippen molar-refractivity contribution in [3.63, 3.8) is 0 Å². The minimum Gasteiger partial charge on any atom is -0.481 e. The van der Waals surface area contributed by atoms with Crippen molar-refractivity contribution >= 4 is 23.6 Å². The van der Waals surface area contributed by atoms with Gasteiger partial charge in [0.15, 0.2) is 0 Å². The van der Waals surface area contributed by atoms with Crippen molar-refractivity contribution in [1.29, 1.82) is 0 Å². The molecule has 24 heavy (non-hydrogen) atoms. The number of benzene rings is 1. The van der Waals surface area contributed by atoms with Crippen molar-refractivity contribution in [1.82, 2.24) is 10.2 Å². The highest BCUT2D eigenvalue weighted by molar-refractivity contribution is 6.30. The zero-order valence-corrected chi connectivity index (χ0v) is 14.9. The van der Waals surface area contributed by atoms with Gasteiger partial charge in [-0.2, -0.15) is 0 Å². The molecule has 1 saturated carbocycles. The average molecular weight is 353 g/mol. The molecule has 0 heterocycles. The molecule has 0 aromatic heterocycles. The van der Waals surface area contributed by atoms with E-state index < -0.39 is 5.97 Å². The van der Waals surface area contributed by atoms with Gasteiger partial charge in [0.2, 0.25) is 0 Å². The van der Waals surface area contributed by atoms with Gasteiger partial charge in [-0.05, 0) is 56.7 Å². The first-order chi connectivity index (χ1) is 11.4. The summed E-state index contributed by atoms with van der Waals surface area (Å²) < 4.78 is 0. The number of aliphatic carboxylic acids is 1. The first-order valence-electron chi connectivity index (χ1n) is 8.37. The lowest BCUT2D eigenvalue weighted by atomic mass is 9.86. The van der Waals surface area contributed by atoms with Crippen molar-refractivity contribution in [2.24, 2.45) is 5.92 Å². The summed E-state index contributed by atoms with van der Waals surface area (Å²) in [5, 5.41) is 12.8. The quantitative estimate of drug-likeness (QED) is 0.851. The molecule has 5 nitrogen and oxygen atoms in total. The summed E-state index contributed by atoms with van der Waals surface area (Å²) in [6.45, 7) is 2.01. The van der Waals surface area contributed by atoms with Crippen LogP contribution in [0.25, 0.3) is 0 Å². The van der Waals surface area contributed by atoms with Crippen LogP contribution in [0.15, 0.2) is 24.3 Å². The highest BCUT2D eigenvalue weighted by atomic mass is 35.5. The number of likely N-dealkylation sites (N-methyl/N-ethyl adjacent to an activating group) is 1. The Labute approximate surface area is 148 Å². The minimum atomic E-state index is -0.728. The van der Waals surface area contributed by atoms with E-state index in [2.05, 4.69) is 5.32 Å². The van der Waals surface area contributed by atoms with Crippen molar-refractivity contribution in [2.75, 3.05) is 7.05 Å². The number of hydrogen-bond donors (Lipinski definition) is 2. The van der Waals surface area contributed by atoms with Crippen LogP contribution in [0.5, 0.6) is 0 Å². The third-order valence-electron chi connectivity index (χ3n) is 4.83. The van der Waals surface area contributed by atoms with E-state index in [1.807, 2.05) is 31.2 Å². The van der Waals surface area contributed by atoms with E-state index in [4.69, 9.17) is 16.7 Å². The predicted octanol–water partition coefficient (Wildman–Crippen LogP) is 3.56. The van der Waals surface area contributed by atoms with Gasteiger partial charge >= 0.3 is 12.0 Å². The fraction of sp³-hybridized carbons (Fsp3) is 0.556. The second-order valence-corrected chi connectivity index (χ2v) is 7.06. The highest BCUT2D eigenvalue weighted by Crippen LogP contribution is 2.24. The van der Waals surface area contributed by atoms with Gasteiger partial charge in [0, 0.05) is 24.2 Å². The van der Waals surface area contributed by atoms with Crippen LogP contribution >= 0.6 is 11.6 Å². The zero-order chi connectivity index (χ0) is 17.7. The molecule has 1 aliphatic rings. The van der Waals surface area contributed by atoms with Crippen LogP contribution in [0, 0.1) is 5.92 Å². The summed E-state index contributed by atoms with van der Waals surface area (Å²) in [6.07, 6.45) is 3.46. The number of hydrogen-bond acceptors (Lipinski definition) is 2. The van der Waals surface area contributed by atoms with Crippen LogP contribution < -0.4 is 5.32 Å². The van der Waals surface area contributed by atoms with Crippen molar-refractivity contribution in [3.8, 4) is 0 Å². The number of halogens is 1. The predicted molar refractivity (Wildman–Crippen MR) is 94.3 cm³/mol. The topological polar surface area (TPSA) is 69.6 Å². The molecule has 132 valence electrons. The molecule has 0 spiro atoms. The summed E-state index contributed by atoms with van der Waals surface area (Å²) in [6, 6.07) is 7.67. The Morgan fingerprint density at radius 3 is 2.38 bits per heavy atom. The van der Waals surface area contributed by atoms with E-state index in [9.17, 15) is 9.59 Å². The van der Waals surface area contributed by atoms with Gasteiger partial charge in [-0.1, -0.05) is 23.7 Å². The Balaban J connectivity index is 1.81. The Morgan fingerprint density at radius 2 is 1.83 bits per heavy atom. The van der Waals surface area contributed by atoms with Gasteiger partial charge in [-0.15, -0.1) is 0 Å². The highest BCUT2D eigenvalue weighted by Gasteiger charge is 2.27. The van der Waals surface area contributed by atoms with Gasteiger partial charge in [0.1, 0.15) is 0 Å². The molecule has 6 heteroatoms. The SMILES string of the molecule is CC(Cc1ccc(Cl)cc1)N(C)C(=O)NC1CCC(C(=O)O)CC1. The third-order valence-corrected chi connectivity index (χ3v) is 5.08. The van der Waals surface area contributed by atoms with Gasteiger partial charge in [-0.25, -0.2) is 4.79 Å². The summed E-state index contributed by atoms with van der Waals surface area (Å²) in [7, 11) is 1.79. The maximum atomic E-state index is 12.4. The fourth-order valence-corrected chi connectivity index (χ4v) is 3.19. The number of carboxylic acid groups (broad SMARTS) is 1. The monoisotopic (exact) mass is 352 g/mol. The molecule has 0 saturated heterocycles. The normalized spacial score (nSPS) is 21.8. The number of amides is 2. The van der Waals surface area contributed by atoms with Crippen LogP contribution in [0.2, 0.25) is 5.02 Å². The summed E-state index contributed by atoms with van der Waals surface area (Å²) in [4.78, 5) is 25.1. The van der Waals surface area contributed by atoms with E-state index in [0.29, 0.717) is 17.9 Å². The molecule has 1 aromatic carbocycles. The maximum Gasteiger partial charge on any atom is 0.317 e. The first kappa shape index (κ1) is 18.6. The number of nitrogens with zero attached hydrogens (tertiary/aromatic N) is 1. The lowest BCUT2D eigenvalue weighted by Crippen LogP contribution is -2.48. The number of nitrogens with one attached hydrogen (secondary N) is 1. The molecule has 1 atom stereocenters. The van der Waals surface area contributed by atoms with Gasteiger partial charge in [-0.3, -0.25) is 4.79 Å². The zero-order valence-electron chi connectivity index (χ0n) is 14.2. The van der Waals surface area contributed by atoms with Gasteiger partial charge < -0.3 is 15.3 Å². The second kappa shape index (κ2) is 8.38. The largest absolute Gasteiger partial charge is 0.481 e. The molecule has 2 N–H and O–H groups in total. The number of rotatable bonds is 5. The third kappa shape index (κ3) is 5.13. The van der Waals surface area contributed by atoms with Crippen LogP contribution in [0.3, 0.4) is 0 Å². The van der Waals surface area contributed by atoms with E-state index in [-0.39, 0.29) is 24.0 Å². The average Bonchev–Trinajstić information content (AvgIpc) is 2.56. The molecule has 1 unspecified atom stereocenters. The fourth-order valence-electron chi connectivity index (χ4n) is 3.06. The van der Waals surface area contributed by atoms with Crippen LogP contribution in [-0.4, -0.2) is 41.1 Å². The molecule has 2 amide bonds. The van der Waals surface area contributed by atoms with Crippen molar-refractivity contribution in [2.45, 2.75) is 51.1 Å². The Morgan fingerprint density at radius 1 is 1.25 bits per heavy atom. The second-order valence-electron chi connectivity index (χ2n) is 6.63. The molecule has 1 fully saturated rings. The van der Waals surface area contributed by atoms with Crippen LogP contribution in [0.1, 0.15) is 38.2 Å². The lowest BCUT2D eigenvalue weighted by molar-refractivity contribution is -0.142. The molecular weight excluding hydrogens is 328 g/mol. The van der Waals surface area contributed by atoms with E-state index in [0.717, 1.165) is 24.8 Å². The molecule has 1 aromatic rings. The molecule has 0 radical (unpaired) electrons. The number of urea groups is 1. The molecule has 1 aliphatic carbocycles. The minimum absolute atomic E-state index is 0.0570.